The molecule has 0 aliphatic carbocycles. The van der Waals surface area contributed by atoms with E-state index in [1.54, 1.807) is 29.3 Å². The van der Waals surface area contributed by atoms with Gasteiger partial charge >= 0.3 is 0 Å². The monoisotopic (exact) mass is 442 g/mol. The van der Waals surface area contributed by atoms with E-state index in [4.69, 9.17) is 5.11 Å². The molecule has 0 aliphatic rings. The molecule has 1 aromatic carbocycles. The lowest BCUT2D eigenvalue weighted by molar-refractivity contribution is 0.0952. The van der Waals surface area contributed by atoms with Gasteiger partial charge in [-0.25, -0.2) is 9.97 Å². The van der Waals surface area contributed by atoms with E-state index in [0.29, 0.717) is 12.1 Å². The molecule has 158 valence electrons. The zero-order valence-corrected chi connectivity index (χ0v) is 18.6. The van der Waals surface area contributed by atoms with E-state index in [1.807, 2.05) is 49.5 Å². The highest BCUT2D eigenvalue weighted by atomic mass is 32.2. The second-order valence-electron chi connectivity index (χ2n) is 6.80. The van der Waals surface area contributed by atoms with Gasteiger partial charge in [-0.15, -0.1) is 0 Å². The van der Waals surface area contributed by atoms with Crippen LogP contribution in [0.1, 0.15) is 41.6 Å². The number of pyridine rings is 1. The number of nitrogens with zero attached hydrogens (tertiary/aromatic N) is 2. The number of rotatable bonds is 11. The van der Waals surface area contributed by atoms with Gasteiger partial charge in [0.1, 0.15) is 5.82 Å². The number of carbonyl (C=O) groups excluding carboxylic acids is 1. The zero-order valence-electron chi connectivity index (χ0n) is 16.9. The maximum Gasteiger partial charge on any atom is 0.251 e. The fourth-order valence-corrected chi connectivity index (χ4v) is 4.72. The summed E-state index contributed by atoms with van der Waals surface area (Å²) in [4.78, 5) is 22.2. The summed E-state index contributed by atoms with van der Waals surface area (Å²) in [6.07, 6.45) is 7.31. The molecular weight excluding hydrogens is 416 g/mol. The molecule has 2 heterocycles. The summed E-state index contributed by atoms with van der Waals surface area (Å²) in [6.45, 7) is 2.83. The van der Waals surface area contributed by atoms with E-state index in [1.165, 1.54) is 0 Å². The molecule has 30 heavy (non-hydrogen) atoms. The maximum absolute atomic E-state index is 12.6. The highest BCUT2D eigenvalue weighted by Gasteiger charge is 2.11. The molecule has 3 aromatic rings. The van der Waals surface area contributed by atoms with Crippen LogP contribution in [-0.2, 0) is 0 Å². The van der Waals surface area contributed by atoms with Crippen molar-refractivity contribution in [2.45, 2.75) is 41.7 Å². The average molecular weight is 443 g/mol. The molecule has 2 aromatic heterocycles. The van der Waals surface area contributed by atoms with Crippen molar-refractivity contribution < 1.29 is 9.90 Å². The van der Waals surface area contributed by atoms with Crippen molar-refractivity contribution in [2.24, 2.45) is 0 Å². The van der Waals surface area contributed by atoms with Crippen LogP contribution >= 0.6 is 23.1 Å². The Kier molecular flexibility index (Phi) is 8.67. The van der Waals surface area contributed by atoms with Crippen LogP contribution in [-0.4, -0.2) is 34.1 Å². The molecule has 6 nitrogen and oxygen atoms in total. The summed E-state index contributed by atoms with van der Waals surface area (Å²) in [6, 6.07) is 11.6. The Labute approximate surface area is 185 Å². The molecular formula is C22H26N4O2S2. The van der Waals surface area contributed by atoms with E-state index < -0.39 is 0 Å². The van der Waals surface area contributed by atoms with E-state index >= 15 is 0 Å². The molecule has 0 bridgehead atoms. The molecule has 1 amide bonds. The van der Waals surface area contributed by atoms with Crippen LogP contribution in [0.25, 0.3) is 0 Å². The Morgan fingerprint density at radius 1 is 1.13 bits per heavy atom. The van der Waals surface area contributed by atoms with Crippen molar-refractivity contribution in [3.05, 3.63) is 59.9 Å². The second-order valence-corrected chi connectivity index (χ2v) is 9.20. The number of benzene rings is 1. The number of aromatic nitrogens is 2. The number of carbonyl (C=O) groups is 1. The molecule has 0 saturated heterocycles. The number of aliphatic hydroxyl groups is 1. The van der Waals surface area contributed by atoms with Gasteiger partial charge in [-0.1, -0.05) is 48.1 Å². The number of nitrogens with one attached hydrogen (secondary N) is 2. The molecule has 3 N–H and O–H groups in total. The van der Waals surface area contributed by atoms with Crippen molar-refractivity contribution in [3.63, 3.8) is 0 Å². The smallest absolute Gasteiger partial charge is 0.251 e. The molecule has 0 fully saturated rings. The van der Waals surface area contributed by atoms with Gasteiger partial charge in [-0.3, -0.25) is 4.79 Å². The molecule has 0 spiro atoms. The van der Waals surface area contributed by atoms with Gasteiger partial charge in [0.25, 0.3) is 5.91 Å². The maximum atomic E-state index is 12.6. The van der Waals surface area contributed by atoms with Gasteiger partial charge < -0.3 is 15.7 Å². The fourth-order valence-electron chi connectivity index (χ4n) is 2.82. The normalized spacial score (nSPS) is 10.7. The third-order valence-corrected chi connectivity index (χ3v) is 6.43. The van der Waals surface area contributed by atoms with Crippen LogP contribution < -0.4 is 10.6 Å². The first-order valence-corrected chi connectivity index (χ1v) is 11.6. The van der Waals surface area contributed by atoms with Crippen molar-refractivity contribution in [3.8, 4) is 0 Å². The number of aryl methyl sites for hydroxylation is 1. The summed E-state index contributed by atoms with van der Waals surface area (Å²) in [5.41, 5.74) is 1.66. The van der Waals surface area contributed by atoms with Crippen molar-refractivity contribution in [1.29, 1.82) is 0 Å². The Balaban J connectivity index is 1.56. The van der Waals surface area contributed by atoms with E-state index in [9.17, 15) is 4.79 Å². The Morgan fingerprint density at radius 3 is 2.80 bits per heavy atom. The number of unbranched alkanes of at least 4 members (excludes halogenated alkanes) is 3. The van der Waals surface area contributed by atoms with Crippen LogP contribution in [0.4, 0.5) is 10.9 Å². The summed E-state index contributed by atoms with van der Waals surface area (Å²) < 4.78 is 1.03. The molecule has 0 atom stereocenters. The predicted octanol–water partition coefficient (Wildman–Crippen LogP) is 5.02. The number of amides is 1. The Hall–Kier alpha value is -2.42. The summed E-state index contributed by atoms with van der Waals surface area (Å²) in [7, 11) is 0. The molecule has 0 saturated carbocycles. The largest absolute Gasteiger partial charge is 0.396 e. The molecule has 8 heteroatoms. The minimum atomic E-state index is -0.0427. The minimum Gasteiger partial charge on any atom is -0.396 e. The summed E-state index contributed by atoms with van der Waals surface area (Å²) >= 11 is 3.14. The van der Waals surface area contributed by atoms with Crippen molar-refractivity contribution in [1.82, 2.24) is 15.3 Å². The van der Waals surface area contributed by atoms with E-state index in [2.05, 4.69) is 20.6 Å². The topological polar surface area (TPSA) is 87.1 Å². The van der Waals surface area contributed by atoms with Crippen molar-refractivity contribution >= 4 is 40.0 Å². The Bertz CT molecular complexity index is 947. The highest BCUT2D eigenvalue weighted by molar-refractivity contribution is 8.01. The lowest BCUT2D eigenvalue weighted by atomic mass is 10.1. The lowest BCUT2D eigenvalue weighted by Gasteiger charge is -2.09. The molecule has 3 rings (SSSR count). The number of anilines is 2. The average Bonchev–Trinajstić information content (AvgIpc) is 3.19. The summed E-state index contributed by atoms with van der Waals surface area (Å²) in [5.74, 6) is 0.716. The third kappa shape index (κ3) is 6.83. The van der Waals surface area contributed by atoms with Crippen molar-refractivity contribution in [2.75, 3.05) is 18.5 Å². The first kappa shape index (κ1) is 22.3. The second kappa shape index (κ2) is 11.7. The first-order chi connectivity index (χ1) is 14.7. The number of aliphatic hydroxyl groups excluding tert-OH is 1. The minimum absolute atomic E-state index is 0.0427. The standard InChI is InChI=1S/C22H26N4O2S2/c1-16-9-10-17(14-18(16)21(28)24-12-5-2-3-7-13-27)29-20-15-25-22(30-20)26-19-8-4-6-11-23-19/h4,6,8-11,14-15,27H,2-3,5,7,12-13H2,1H3,(H,24,28)(H,23,25,26). The van der Waals surface area contributed by atoms with Gasteiger partial charge in [0.15, 0.2) is 5.13 Å². The van der Waals surface area contributed by atoms with Gasteiger partial charge in [0.05, 0.1) is 10.4 Å². The number of hydrogen-bond donors (Lipinski definition) is 3. The summed E-state index contributed by atoms with van der Waals surface area (Å²) in [5, 5.41) is 15.8. The van der Waals surface area contributed by atoms with Gasteiger partial charge in [0, 0.05) is 29.8 Å². The lowest BCUT2D eigenvalue weighted by Crippen LogP contribution is -2.25. The van der Waals surface area contributed by atoms with Gasteiger partial charge in [-0.05, 0) is 49.6 Å². The number of thiazole rings is 1. The Morgan fingerprint density at radius 2 is 2.00 bits per heavy atom. The first-order valence-electron chi connectivity index (χ1n) is 9.97. The van der Waals surface area contributed by atoms with Crippen LogP contribution in [0.3, 0.4) is 0 Å². The predicted molar refractivity (Wildman–Crippen MR) is 123 cm³/mol. The quantitative estimate of drug-likeness (QED) is 0.361. The van der Waals surface area contributed by atoms with Crippen LogP contribution in [0.2, 0.25) is 0 Å². The van der Waals surface area contributed by atoms with Gasteiger partial charge in [0.2, 0.25) is 0 Å². The molecule has 0 unspecified atom stereocenters. The van der Waals surface area contributed by atoms with Crippen LogP contribution in [0, 0.1) is 6.92 Å². The third-order valence-electron chi connectivity index (χ3n) is 4.43. The molecule has 0 radical (unpaired) electrons. The zero-order chi connectivity index (χ0) is 21.2. The highest BCUT2D eigenvalue weighted by Crippen LogP contribution is 2.35. The van der Waals surface area contributed by atoms with Gasteiger partial charge in [-0.2, -0.15) is 0 Å². The SMILES string of the molecule is Cc1ccc(Sc2cnc(Nc3ccccn3)s2)cc1C(=O)NCCCCCCO. The van der Waals surface area contributed by atoms with Crippen LogP contribution in [0.5, 0.6) is 0 Å². The van der Waals surface area contributed by atoms with E-state index in [-0.39, 0.29) is 12.5 Å². The van der Waals surface area contributed by atoms with Crippen LogP contribution in [0.15, 0.2) is 57.9 Å². The fraction of sp³-hybridized carbons (Fsp3) is 0.318. The van der Waals surface area contributed by atoms with E-state index in [0.717, 1.165) is 51.3 Å². The number of hydrogen-bond acceptors (Lipinski definition) is 7. The molecule has 0 aliphatic heterocycles.